The summed E-state index contributed by atoms with van der Waals surface area (Å²) in [6, 6.07) is 12.8. The first-order chi connectivity index (χ1) is 12.5. The molecule has 0 saturated heterocycles. The molecule has 0 aliphatic rings. The lowest BCUT2D eigenvalue weighted by Crippen LogP contribution is -2.43. The summed E-state index contributed by atoms with van der Waals surface area (Å²) < 4.78 is 5.07. The second-order valence-electron chi connectivity index (χ2n) is 5.64. The standard InChI is InChI=1S/C19H21N3O4/c1-13(19(25)22-20-12-15-3-7-16(23)8-4-15)21-18(24)11-14-5-9-17(26-2)10-6-14/h3-10,12-13,23H,11H2,1-2H3,(H,21,24)(H,22,25)/b20-12+. The minimum Gasteiger partial charge on any atom is -0.508 e. The Kier molecular flexibility index (Phi) is 6.73. The predicted molar refractivity (Wildman–Crippen MR) is 98.1 cm³/mol. The molecule has 26 heavy (non-hydrogen) atoms. The summed E-state index contributed by atoms with van der Waals surface area (Å²) in [5.74, 6) is 0.177. The maximum atomic E-state index is 12.0. The highest BCUT2D eigenvalue weighted by Gasteiger charge is 2.15. The van der Waals surface area contributed by atoms with Crippen molar-refractivity contribution in [3.63, 3.8) is 0 Å². The zero-order valence-electron chi connectivity index (χ0n) is 14.6. The molecule has 7 heteroatoms. The number of phenols is 1. The quantitative estimate of drug-likeness (QED) is 0.519. The molecule has 136 valence electrons. The second kappa shape index (κ2) is 9.22. The molecule has 2 aromatic rings. The number of hydrazone groups is 1. The molecule has 0 aliphatic carbocycles. The Hall–Kier alpha value is -3.35. The van der Waals surface area contributed by atoms with E-state index < -0.39 is 11.9 Å². The number of rotatable bonds is 7. The summed E-state index contributed by atoms with van der Waals surface area (Å²) in [6.07, 6.45) is 1.61. The number of amides is 2. The zero-order chi connectivity index (χ0) is 18.9. The molecule has 0 radical (unpaired) electrons. The van der Waals surface area contributed by atoms with Gasteiger partial charge in [0, 0.05) is 0 Å². The van der Waals surface area contributed by atoms with Crippen LogP contribution >= 0.6 is 0 Å². The van der Waals surface area contributed by atoms with Crippen LogP contribution in [0.1, 0.15) is 18.1 Å². The molecule has 0 heterocycles. The first-order valence-corrected chi connectivity index (χ1v) is 8.02. The van der Waals surface area contributed by atoms with Gasteiger partial charge in [0.25, 0.3) is 5.91 Å². The van der Waals surface area contributed by atoms with Crippen LogP contribution in [0.5, 0.6) is 11.5 Å². The number of nitrogens with one attached hydrogen (secondary N) is 2. The third-order valence-electron chi connectivity index (χ3n) is 3.58. The Morgan fingerprint density at radius 2 is 1.81 bits per heavy atom. The van der Waals surface area contributed by atoms with Crippen LogP contribution in [-0.2, 0) is 16.0 Å². The van der Waals surface area contributed by atoms with Crippen LogP contribution in [0.4, 0.5) is 0 Å². The molecule has 2 rings (SSSR count). The molecule has 2 aromatic carbocycles. The second-order valence-corrected chi connectivity index (χ2v) is 5.64. The lowest BCUT2D eigenvalue weighted by Gasteiger charge is -2.12. The number of ether oxygens (including phenoxy) is 1. The van der Waals surface area contributed by atoms with Crippen molar-refractivity contribution in [2.75, 3.05) is 7.11 Å². The van der Waals surface area contributed by atoms with Gasteiger partial charge < -0.3 is 15.2 Å². The van der Waals surface area contributed by atoms with Crippen LogP contribution < -0.4 is 15.5 Å². The number of phenolic OH excluding ortho intramolecular Hbond substituents is 1. The van der Waals surface area contributed by atoms with Gasteiger partial charge in [-0.1, -0.05) is 12.1 Å². The first-order valence-electron chi connectivity index (χ1n) is 8.02. The average molecular weight is 355 g/mol. The Labute approximate surface area is 151 Å². The minimum absolute atomic E-state index is 0.152. The molecule has 0 fully saturated rings. The van der Waals surface area contributed by atoms with E-state index in [1.165, 1.54) is 18.3 Å². The fraction of sp³-hybridized carbons (Fsp3) is 0.211. The summed E-state index contributed by atoms with van der Waals surface area (Å²) in [5.41, 5.74) is 3.91. The van der Waals surface area contributed by atoms with Crippen molar-refractivity contribution in [1.82, 2.24) is 10.7 Å². The lowest BCUT2D eigenvalue weighted by molar-refractivity contribution is -0.128. The van der Waals surface area contributed by atoms with Crippen molar-refractivity contribution in [2.45, 2.75) is 19.4 Å². The fourth-order valence-corrected chi connectivity index (χ4v) is 2.11. The smallest absolute Gasteiger partial charge is 0.262 e. The van der Waals surface area contributed by atoms with Gasteiger partial charge in [-0.25, -0.2) is 5.43 Å². The third-order valence-corrected chi connectivity index (χ3v) is 3.58. The molecular weight excluding hydrogens is 334 g/mol. The molecule has 0 saturated carbocycles. The largest absolute Gasteiger partial charge is 0.508 e. The van der Waals surface area contributed by atoms with E-state index in [1.807, 2.05) is 0 Å². The molecular formula is C19H21N3O4. The minimum atomic E-state index is -0.724. The molecule has 0 aromatic heterocycles. The van der Waals surface area contributed by atoms with E-state index in [0.717, 1.165) is 11.1 Å². The number of aromatic hydroxyl groups is 1. The Balaban J connectivity index is 1.79. The Morgan fingerprint density at radius 1 is 1.15 bits per heavy atom. The van der Waals surface area contributed by atoms with Gasteiger partial charge in [0.2, 0.25) is 5.91 Å². The number of carbonyl (C=O) groups is 2. The Morgan fingerprint density at radius 3 is 2.42 bits per heavy atom. The van der Waals surface area contributed by atoms with Gasteiger partial charge in [-0.2, -0.15) is 5.10 Å². The van der Waals surface area contributed by atoms with Crippen molar-refractivity contribution >= 4 is 18.0 Å². The summed E-state index contributed by atoms with van der Waals surface area (Å²) >= 11 is 0. The number of benzene rings is 2. The molecule has 0 spiro atoms. The molecule has 1 atom stereocenters. The molecule has 7 nitrogen and oxygen atoms in total. The van der Waals surface area contributed by atoms with E-state index in [2.05, 4.69) is 15.8 Å². The summed E-state index contributed by atoms with van der Waals surface area (Å²) in [6.45, 7) is 1.58. The van der Waals surface area contributed by atoms with E-state index in [-0.39, 0.29) is 18.1 Å². The van der Waals surface area contributed by atoms with E-state index in [9.17, 15) is 14.7 Å². The molecule has 0 bridgehead atoms. The molecule has 2 amide bonds. The van der Waals surface area contributed by atoms with Gasteiger partial charge in [-0.05, 0) is 54.4 Å². The van der Waals surface area contributed by atoms with Crippen LogP contribution in [0.15, 0.2) is 53.6 Å². The normalized spacial score (nSPS) is 11.8. The number of carbonyl (C=O) groups excluding carboxylic acids is 2. The highest BCUT2D eigenvalue weighted by molar-refractivity contribution is 5.89. The predicted octanol–water partition coefficient (Wildman–Crippen LogP) is 1.60. The summed E-state index contributed by atoms with van der Waals surface area (Å²) in [7, 11) is 1.58. The number of nitrogens with zero attached hydrogens (tertiary/aromatic N) is 1. The maximum absolute atomic E-state index is 12.0. The van der Waals surface area contributed by atoms with Crippen LogP contribution in [0.2, 0.25) is 0 Å². The lowest BCUT2D eigenvalue weighted by atomic mass is 10.1. The van der Waals surface area contributed by atoms with Crippen molar-refractivity contribution in [1.29, 1.82) is 0 Å². The SMILES string of the molecule is COc1ccc(CC(=O)NC(C)C(=O)N/N=C/c2ccc(O)cc2)cc1. The van der Waals surface area contributed by atoms with Crippen molar-refractivity contribution in [3.8, 4) is 11.5 Å². The van der Waals surface area contributed by atoms with Crippen LogP contribution in [0.25, 0.3) is 0 Å². The monoisotopic (exact) mass is 355 g/mol. The Bertz CT molecular complexity index is 770. The van der Waals surface area contributed by atoms with E-state index in [1.54, 1.807) is 50.4 Å². The van der Waals surface area contributed by atoms with Gasteiger partial charge in [-0.15, -0.1) is 0 Å². The molecule has 3 N–H and O–H groups in total. The topological polar surface area (TPSA) is 100 Å². The van der Waals surface area contributed by atoms with Gasteiger partial charge in [0.15, 0.2) is 0 Å². The third kappa shape index (κ3) is 5.94. The highest BCUT2D eigenvalue weighted by atomic mass is 16.5. The highest BCUT2D eigenvalue weighted by Crippen LogP contribution is 2.11. The van der Waals surface area contributed by atoms with E-state index >= 15 is 0 Å². The van der Waals surface area contributed by atoms with E-state index in [4.69, 9.17) is 4.74 Å². The summed E-state index contributed by atoms with van der Waals surface area (Å²) in [5, 5.41) is 15.7. The fourth-order valence-electron chi connectivity index (χ4n) is 2.11. The molecule has 0 aliphatic heterocycles. The van der Waals surface area contributed by atoms with Crippen molar-refractivity contribution < 1.29 is 19.4 Å². The zero-order valence-corrected chi connectivity index (χ0v) is 14.6. The number of hydrogen-bond donors (Lipinski definition) is 3. The van der Waals surface area contributed by atoms with Gasteiger partial charge in [0.1, 0.15) is 17.5 Å². The van der Waals surface area contributed by atoms with Crippen LogP contribution in [-0.4, -0.2) is 36.3 Å². The number of hydrogen-bond acceptors (Lipinski definition) is 5. The van der Waals surface area contributed by atoms with Crippen LogP contribution in [0, 0.1) is 0 Å². The van der Waals surface area contributed by atoms with Gasteiger partial charge in [0.05, 0.1) is 19.7 Å². The first kappa shape index (κ1) is 19.0. The number of methoxy groups -OCH3 is 1. The van der Waals surface area contributed by atoms with Crippen molar-refractivity contribution in [2.24, 2.45) is 5.10 Å². The van der Waals surface area contributed by atoms with Gasteiger partial charge >= 0.3 is 0 Å². The van der Waals surface area contributed by atoms with E-state index in [0.29, 0.717) is 5.75 Å². The molecule has 1 unspecified atom stereocenters. The van der Waals surface area contributed by atoms with Gasteiger partial charge in [-0.3, -0.25) is 9.59 Å². The van der Waals surface area contributed by atoms with Crippen LogP contribution in [0.3, 0.4) is 0 Å². The average Bonchev–Trinajstić information content (AvgIpc) is 2.63. The van der Waals surface area contributed by atoms with Crippen molar-refractivity contribution in [3.05, 3.63) is 59.7 Å². The summed E-state index contributed by atoms with van der Waals surface area (Å²) in [4.78, 5) is 24.0. The maximum Gasteiger partial charge on any atom is 0.262 e.